The molecule has 1 aromatic rings. The van der Waals surface area contributed by atoms with Crippen molar-refractivity contribution < 1.29 is 19.1 Å². The summed E-state index contributed by atoms with van der Waals surface area (Å²) < 4.78 is 6.51. The van der Waals surface area contributed by atoms with E-state index in [1.165, 1.54) is 6.42 Å². The molecule has 2 saturated heterocycles. The lowest BCUT2D eigenvalue weighted by molar-refractivity contribution is -0.145. The van der Waals surface area contributed by atoms with Crippen LogP contribution in [-0.4, -0.2) is 52.5 Å². The van der Waals surface area contributed by atoms with E-state index in [1.54, 1.807) is 0 Å². The number of benzene rings is 1. The van der Waals surface area contributed by atoms with Gasteiger partial charge < -0.3 is 20.3 Å². The number of nitrogens with one attached hydrogen (secondary N) is 2. The number of amides is 3. The van der Waals surface area contributed by atoms with Gasteiger partial charge in [0.05, 0.1) is 17.9 Å². The highest BCUT2D eigenvalue weighted by Crippen LogP contribution is 2.56. The quantitative estimate of drug-likeness (QED) is 0.590. The summed E-state index contributed by atoms with van der Waals surface area (Å²) in [6, 6.07) is 7.06. The third kappa shape index (κ3) is 4.19. The highest BCUT2D eigenvalue weighted by molar-refractivity contribution is 6.03. The molecule has 0 radical (unpaired) electrons. The first-order valence-corrected chi connectivity index (χ1v) is 14.2. The van der Waals surface area contributed by atoms with Crippen molar-refractivity contribution in [3.8, 4) is 0 Å². The summed E-state index contributed by atoms with van der Waals surface area (Å²) in [4.78, 5) is 43.6. The largest absolute Gasteiger partial charge is 0.359 e. The molecule has 5 atom stereocenters. The normalized spacial score (nSPS) is 37.0. The number of nitrogens with zero attached hydrogens (tertiary/aromatic N) is 1. The third-order valence-electron chi connectivity index (χ3n) is 9.51. The maximum Gasteiger partial charge on any atom is 0.246 e. The summed E-state index contributed by atoms with van der Waals surface area (Å²) in [7, 11) is 0. The van der Waals surface area contributed by atoms with Crippen molar-refractivity contribution in [3.05, 3.63) is 42.0 Å². The van der Waals surface area contributed by atoms with E-state index >= 15 is 0 Å². The van der Waals surface area contributed by atoms with Crippen LogP contribution in [-0.2, 0) is 19.1 Å². The number of likely N-dealkylation sites (tertiary alicyclic amines) is 1. The Kier molecular flexibility index (Phi) is 6.38. The molecule has 4 fully saturated rings. The van der Waals surface area contributed by atoms with Crippen LogP contribution in [0.2, 0.25) is 0 Å². The maximum atomic E-state index is 14.2. The van der Waals surface area contributed by atoms with Crippen molar-refractivity contribution in [2.75, 3.05) is 5.32 Å². The number of hydrogen-bond acceptors (Lipinski definition) is 4. The molecular weight excluding hydrogens is 466 g/mol. The van der Waals surface area contributed by atoms with Crippen LogP contribution in [0.4, 0.5) is 5.69 Å². The third-order valence-corrected chi connectivity index (χ3v) is 9.51. The molecule has 1 aromatic carbocycles. The fourth-order valence-corrected chi connectivity index (χ4v) is 7.51. The number of hydrogen-bond donors (Lipinski definition) is 2. The molecule has 3 aliphatic heterocycles. The van der Waals surface area contributed by atoms with Crippen LogP contribution >= 0.6 is 0 Å². The fourth-order valence-electron chi connectivity index (χ4n) is 7.51. The van der Waals surface area contributed by atoms with Gasteiger partial charge in [-0.25, -0.2) is 0 Å². The van der Waals surface area contributed by atoms with Gasteiger partial charge in [-0.2, -0.15) is 0 Å². The summed E-state index contributed by atoms with van der Waals surface area (Å²) in [6.07, 6.45) is 12.6. The highest BCUT2D eigenvalue weighted by Gasteiger charge is 2.73. The second-order valence-corrected chi connectivity index (χ2v) is 12.1. The van der Waals surface area contributed by atoms with Gasteiger partial charge in [0.1, 0.15) is 11.6 Å². The minimum absolute atomic E-state index is 0.00245. The number of fused-ring (bicyclic) bond motifs is 1. The number of carbonyl (C=O) groups is 3. The molecule has 198 valence electrons. The molecule has 2 N–H and O–H groups in total. The Bertz CT molecular complexity index is 1090. The Hall–Kier alpha value is -2.67. The Morgan fingerprint density at radius 3 is 2.38 bits per heavy atom. The average Bonchev–Trinajstić information content (AvgIpc) is 3.54. The molecule has 2 saturated carbocycles. The summed E-state index contributed by atoms with van der Waals surface area (Å²) in [6.45, 7) is 4.25. The van der Waals surface area contributed by atoms with Crippen molar-refractivity contribution in [1.29, 1.82) is 0 Å². The van der Waals surface area contributed by atoms with Crippen LogP contribution < -0.4 is 10.6 Å². The van der Waals surface area contributed by atoms with Crippen LogP contribution in [0.1, 0.15) is 70.3 Å². The number of ether oxygens (including phenoxy) is 1. The van der Waals surface area contributed by atoms with E-state index in [1.807, 2.05) is 48.2 Å². The van der Waals surface area contributed by atoms with E-state index in [9.17, 15) is 14.4 Å². The lowest BCUT2D eigenvalue weighted by Crippen LogP contribution is -2.58. The molecule has 6 rings (SSSR count). The zero-order valence-electron chi connectivity index (χ0n) is 21.9. The van der Waals surface area contributed by atoms with Gasteiger partial charge in [0.2, 0.25) is 17.7 Å². The van der Waals surface area contributed by atoms with Crippen molar-refractivity contribution in [2.45, 2.75) is 101 Å². The van der Waals surface area contributed by atoms with Crippen LogP contribution in [0, 0.1) is 24.7 Å². The van der Waals surface area contributed by atoms with E-state index in [2.05, 4.69) is 17.6 Å². The van der Waals surface area contributed by atoms with Gasteiger partial charge in [-0.05, 0) is 63.5 Å². The zero-order chi connectivity index (χ0) is 25.7. The molecule has 3 heterocycles. The minimum atomic E-state index is -1.08. The lowest BCUT2D eigenvalue weighted by Gasteiger charge is -2.40. The number of aryl methyl sites for hydroxylation is 1. The second kappa shape index (κ2) is 9.57. The predicted molar refractivity (Wildman–Crippen MR) is 141 cm³/mol. The maximum absolute atomic E-state index is 14.2. The summed E-state index contributed by atoms with van der Waals surface area (Å²) in [5.74, 6) is -1.15. The molecule has 2 bridgehead atoms. The van der Waals surface area contributed by atoms with Crippen molar-refractivity contribution in [3.63, 3.8) is 0 Å². The Balaban J connectivity index is 1.31. The molecule has 1 spiro atoms. The molecule has 37 heavy (non-hydrogen) atoms. The Morgan fingerprint density at radius 2 is 1.68 bits per heavy atom. The van der Waals surface area contributed by atoms with Crippen molar-refractivity contribution in [2.24, 2.45) is 17.8 Å². The summed E-state index contributed by atoms with van der Waals surface area (Å²) in [5.41, 5.74) is 0.726. The summed E-state index contributed by atoms with van der Waals surface area (Å²) in [5, 5.41) is 6.30. The van der Waals surface area contributed by atoms with E-state index < -0.39 is 29.6 Å². The molecule has 3 amide bonds. The van der Waals surface area contributed by atoms with E-state index in [4.69, 9.17) is 4.74 Å². The molecular formula is C30H39N3O4. The first-order valence-electron chi connectivity index (χ1n) is 14.2. The number of rotatable bonds is 5. The SMILES string of the molecule is Cc1ccc(NC(=O)[C@H]2[C@@H]3C=C[C@]4(O3)[C@@H]2C(=O)N(C2CCC(C)CC2)[C@H]4C(=O)NC2CCCCC2)cc1. The number of carbonyl (C=O) groups excluding carboxylic acids is 3. The first kappa shape index (κ1) is 24.7. The molecule has 2 aliphatic carbocycles. The first-order chi connectivity index (χ1) is 17.9. The van der Waals surface area contributed by atoms with Gasteiger partial charge in [0, 0.05) is 17.8 Å². The van der Waals surface area contributed by atoms with E-state index in [0.29, 0.717) is 11.6 Å². The van der Waals surface area contributed by atoms with Crippen LogP contribution in [0.3, 0.4) is 0 Å². The minimum Gasteiger partial charge on any atom is -0.359 e. The Morgan fingerprint density at radius 1 is 0.973 bits per heavy atom. The highest BCUT2D eigenvalue weighted by atomic mass is 16.5. The van der Waals surface area contributed by atoms with Crippen LogP contribution in [0.5, 0.6) is 0 Å². The second-order valence-electron chi connectivity index (χ2n) is 12.1. The molecule has 7 heteroatoms. The van der Waals surface area contributed by atoms with Crippen molar-refractivity contribution >= 4 is 23.4 Å². The molecule has 5 aliphatic rings. The Labute approximate surface area is 219 Å². The topological polar surface area (TPSA) is 87.7 Å². The van der Waals surface area contributed by atoms with Crippen LogP contribution in [0.15, 0.2) is 36.4 Å². The van der Waals surface area contributed by atoms with Gasteiger partial charge >= 0.3 is 0 Å². The number of anilines is 1. The fraction of sp³-hybridized carbons (Fsp3) is 0.633. The zero-order valence-corrected chi connectivity index (χ0v) is 21.9. The standard InChI is InChI=1S/C30H39N3O4/c1-18-8-12-21(13-9-18)31-27(34)24-23-16-17-30(37-23)25(24)29(36)33(22-14-10-19(2)11-15-22)26(30)28(35)32-20-6-4-3-5-7-20/h8-9,12-13,16-17,19-20,22-26H,3-7,10-11,14-15H2,1-2H3,(H,31,34)(H,32,35)/t19?,22?,23-,24-,25-,26-,30-/m0/s1. The van der Waals surface area contributed by atoms with Gasteiger partial charge in [0.25, 0.3) is 0 Å². The van der Waals surface area contributed by atoms with Gasteiger partial charge in [0.15, 0.2) is 0 Å². The predicted octanol–water partition coefficient (Wildman–Crippen LogP) is 4.11. The smallest absolute Gasteiger partial charge is 0.246 e. The van der Waals surface area contributed by atoms with Gasteiger partial charge in [-0.15, -0.1) is 0 Å². The van der Waals surface area contributed by atoms with Crippen molar-refractivity contribution in [1.82, 2.24) is 10.2 Å². The monoisotopic (exact) mass is 505 g/mol. The van der Waals surface area contributed by atoms with E-state index in [-0.39, 0.29) is 29.8 Å². The van der Waals surface area contributed by atoms with Gasteiger partial charge in [-0.1, -0.05) is 56.0 Å². The van der Waals surface area contributed by atoms with Gasteiger partial charge in [-0.3, -0.25) is 14.4 Å². The molecule has 7 nitrogen and oxygen atoms in total. The summed E-state index contributed by atoms with van der Waals surface area (Å²) >= 11 is 0. The average molecular weight is 506 g/mol. The van der Waals surface area contributed by atoms with Crippen LogP contribution in [0.25, 0.3) is 0 Å². The molecule has 0 aromatic heterocycles. The molecule has 0 unspecified atom stereocenters. The lowest BCUT2D eigenvalue weighted by atomic mass is 9.74. The van der Waals surface area contributed by atoms with E-state index in [0.717, 1.165) is 56.9 Å².